The Morgan fingerprint density at radius 3 is 2.63 bits per heavy atom. The van der Waals surface area contributed by atoms with Gasteiger partial charge in [-0.3, -0.25) is 9.59 Å². The first kappa shape index (κ1) is 18.9. The molecule has 0 unspecified atom stereocenters. The number of methoxy groups -OCH3 is 1. The van der Waals surface area contributed by atoms with Crippen molar-refractivity contribution in [1.82, 2.24) is 15.0 Å². The second kappa shape index (κ2) is 8.24. The minimum Gasteiger partial charge on any atom is -0.497 e. The van der Waals surface area contributed by atoms with E-state index in [0.29, 0.717) is 25.6 Å². The topological polar surface area (TPSA) is 75.9 Å². The monoisotopic (exact) mass is 371 g/mol. The predicted molar refractivity (Wildman–Crippen MR) is 99.4 cm³/mol. The fourth-order valence-corrected chi connectivity index (χ4v) is 3.08. The van der Waals surface area contributed by atoms with Crippen molar-refractivity contribution in [2.24, 2.45) is 5.92 Å². The number of piperazine rings is 1. The number of nitrogens with zero attached hydrogens (tertiary/aromatic N) is 3. The normalized spacial score (nSPS) is 14.7. The fourth-order valence-electron chi connectivity index (χ4n) is 3.08. The van der Waals surface area contributed by atoms with Crippen molar-refractivity contribution >= 4 is 11.8 Å². The Morgan fingerprint density at radius 1 is 1.26 bits per heavy atom. The molecule has 0 radical (unpaired) electrons. The maximum Gasteiger partial charge on any atom is 0.293 e. The summed E-state index contributed by atoms with van der Waals surface area (Å²) >= 11 is 0. The summed E-state index contributed by atoms with van der Waals surface area (Å²) in [6.07, 6.45) is 0.755. The van der Waals surface area contributed by atoms with Crippen molar-refractivity contribution in [1.29, 1.82) is 0 Å². The number of ether oxygens (including phenoxy) is 1. The second-order valence-electron chi connectivity index (χ2n) is 7.17. The van der Waals surface area contributed by atoms with Crippen molar-refractivity contribution in [3.63, 3.8) is 0 Å². The minimum atomic E-state index is -0.282. The van der Waals surface area contributed by atoms with E-state index in [0.717, 1.165) is 23.4 Å². The van der Waals surface area contributed by atoms with E-state index in [2.05, 4.69) is 19.0 Å². The molecule has 2 amide bonds. The molecule has 1 aromatic carbocycles. The SMILES string of the molecule is COc1ccc(CN2CCN(C(=O)c3cc(CC(C)C)no3)CC2=O)cc1. The third kappa shape index (κ3) is 4.67. The maximum atomic E-state index is 12.6. The van der Waals surface area contributed by atoms with Crippen LogP contribution in [0.25, 0.3) is 0 Å². The zero-order valence-electron chi connectivity index (χ0n) is 16.0. The summed E-state index contributed by atoms with van der Waals surface area (Å²) in [7, 11) is 1.62. The average molecular weight is 371 g/mol. The van der Waals surface area contributed by atoms with Crippen LogP contribution >= 0.6 is 0 Å². The van der Waals surface area contributed by atoms with Gasteiger partial charge in [-0.2, -0.15) is 0 Å². The predicted octanol–water partition coefficient (Wildman–Crippen LogP) is 2.37. The van der Waals surface area contributed by atoms with Crippen molar-refractivity contribution in [3.05, 3.63) is 47.3 Å². The van der Waals surface area contributed by atoms with E-state index in [1.165, 1.54) is 4.90 Å². The van der Waals surface area contributed by atoms with Crippen molar-refractivity contribution in [2.75, 3.05) is 26.7 Å². The third-order valence-electron chi connectivity index (χ3n) is 4.53. The molecule has 7 heteroatoms. The number of benzene rings is 1. The molecular formula is C20H25N3O4. The van der Waals surface area contributed by atoms with Crippen LogP contribution in [0.5, 0.6) is 5.75 Å². The number of carbonyl (C=O) groups excluding carboxylic acids is 2. The Morgan fingerprint density at radius 2 is 2.00 bits per heavy atom. The molecule has 1 aromatic heterocycles. The molecule has 0 spiro atoms. The van der Waals surface area contributed by atoms with E-state index in [1.807, 2.05) is 24.3 Å². The molecule has 27 heavy (non-hydrogen) atoms. The Balaban J connectivity index is 1.58. The highest BCUT2D eigenvalue weighted by Crippen LogP contribution is 2.16. The number of amides is 2. The summed E-state index contributed by atoms with van der Waals surface area (Å²) in [5.74, 6) is 1.05. The summed E-state index contributed by atoms with van der Waals surface area (Å²) in [5, 5.41) is 3.95. The summed E-state index contributed by atoms with van der Waals surface area (Å²) in [6, 6.07) is 9.30. The number of hydrogen-bond acceptors (Lipinski definition) is 5. The van der Waals surface area contributed by atoms with Crippen molar-refractivity contribution < 1.29 is 18.8 Å². The van der Waals surface area contributed by atoms with Crippen molar-refractivity contribution in [3.8, 4) is 5.75 Å². The lowest BCUT2D eigenvalue weighted by molar-refractivity contribution is -0.135. The van der Waals surface area contributed by atoms with Gasteiger partial charge in [-0.25, -0.2) is 0 Å². The molecule has 1 saturated heterocycles. The molecule has 0 atom stereocenters. The molecule has 1 aliphatic rings. The van der Waals surface area contributed by atoms with E-state index in [-0.39, 0.29) is 24.1 Å². The highest BCUT2D eigenvalue weighted by Gasteiger charge is 2.29. The summed E-state index contributed by atoms with van der Waals surface area (Å²) in [4.78, 5) is 28.3. The molecule has 2 heterocycles. The molecule has 1 fully saturated rings. The van der Waals surface area contributed by atoms with Crippen LogP contribution in [-0.4, -0.2) is 53.5 Å². The molecule has 0 aliphatic carbocycles. The molecule has 144 valence electrons. The van der Waals surface area contributed by atoms with E-state index >= 15 is 0 Å². The van der Waals surface area contributed by atoms with Crippen LogP contribution in [0, 0.1) is 5.92 Å². The highest BCUT2D eigenvalue weighted by molar-refractivity contribution is 5.94. The van der Waals surface area contributed by atoms with Crippen LogP contribution in [0.15, 0.2) is 34.9 Å². The first-order chi connectivity index (χ1) is 13.0. The van der Waals surface area contributed by atoms with Crippen molar-refractivity contribution in [2.45, 2.75) is 26.8 Å². The summed E-state index contributed by atoms with van der Waals surface area (Å²) < 4.78 is 10.3. The van der Waals surface area contributed by atoms with Gasteiger partial charge >= 0.3 is 0 Å². The van der Waals surface area contributed by atoms with Gasteiger partial charge in [-0.15, -0.1) is 0 Å². The lowest BCUT2D eigenvalue weighted by Crippen LogP contribution is -2.51. The van der Waals surface area contributed by atoms with E-state index < -0.39 is 0 Å². The number of hydrogen-bond donors (Lipinski definition) is 0. The Hall–Kier alpha value is -2.83. The van der Waals surface area contributed by atoms with Gasteiger partial charge in [-0.1, -0.05) is 31.1 Å². The standard InChI is InChI=1S/C20H25N3O4/c1-14(2)10-16-11-18(27-21-16)20(25)23-9-8-22(19(24)13-23)12-15-4-6-17(26-3)7-5-15/h4-7,11,14H,8-10,12-13H2,1-3H3. The summed E-state index contributed by atoms with van der Waals surface area (Å²) in [5.41, 5.74) is 1.79. The molecule has 3 rings (SSSR count). The smallest absolute Gasteiger partial charge is 0.293 e. The largest absolute Gasteiger partial charge is 0.497 e. The second-order valence-corrected chi connectivity index (χ2v) is 7.17. The molecule has 0 bridgehead atoms. The fraction of sp³-hybridized carbons (Fsp3) is 0.450. The van der Waals surface area contributed by atoms with Crippen LogP contribution in [0.1, 0.15) is 35.7 Å². The van der Waals surface area contributed by atoms with Crippen LogP contribution in [0.2, 0.25) is 0 Å². The molecule has 2 aromatic rings. The number of aromatic nitrogens is 1. The molecule has 0 N–H and O–H groups in total. The number of rotatable bonds is 6. The molecule has 7 nitrogen and oxygen atoms in total. The molecule has 0 saturated carbocycles. The van der Waals surface area contributed by atoms with Crippen LogP contribution in [0.4, 0.5) is 0 Å². The van der Waals surface area contributed by atoms with Gasteiger partial charge in [0, 0.05) is 25.7 Å². The first-order valence-corrected chi connectivity index (χ1v) is 9.12. The van der Waals surface area contributed by atoms with Gasteiger partial charge in [0.15, 0.2) is 0 Å². The average Bonchev–Trinajstić information content (AvgIpc) is 3.11. The van der Waals surface area contributed by atoms with Gasteiger partial charge in [0.25, 0.3) is 5.91 Å². The maximum absolute atomic E-state index is 12.6. The lowest BCUT2D eigenvalue weighted by atomic mass is 10.1. The van der Waals surface area contributed by atoms with Gasteiger partial charge in [-0.05, 0) is 30.0 Å². The highest BCUT2D eigenvalue weighted by atomic mass is 16.5. The Labute approximate surface area is 158 Å². The zero-order valence-corrected chi connectivity index (χ0v) is 16.0. The molecular weight excluding hydrogens is 346 g/mol. The quantitative estimate of drug-likeness (QED) is 0.779. The van der Waals surface area contributed by atoms with E-state index in [1.54, 1.807) is 18.1 Å². The minimum absolute atomic E-state index is 0.0508. The third-order valence-corrected chi connectivity index (χ3v) is 4.53. The van der Waals surface area contributed by atoms with Crippen LogP contribution < -0.4 is 4.74 Å². The van der Waals surface area contributed by atoms with Gasteiger partial charge in [0.2, 0.25) is 11.7 Å². The first-order valence-electron chi connectivity index (χ1n) is 9.12. The van der Waals surface area contributed by atoms with Gasteiger partial charge in [0.05, 0.1) is 12.8 Å². The van der Waals surface area contributed by atoms with E-state index in [4.69, 9.17) is 9.26 Å². The Bertz CT molecular complexity index is 798. The van der Waals surface area contributed by atoms with E-state index in [9.17, 15) is 9.59 Å². The lowest BCUT2D eigenvalue weighted by Gasteiger charge is -2.33. The Kier molecular flexibility index (Phi) is 5.78. The van der Waals surface area contributed by atoms with Crippen LogP contribution in [-0.2, 0) is 17.8 Å². The number of carbonyl (C=O) groups is 2. The summed E-state index contributed by atoms with van der Waals surface area (Å²) in [6.45, 7) is 5.69. The van der Waals surface area contributed by atoms with Gasteiger partial charge in [0.1, 0.15) is 12.3 Å². The van der Waals surface area contributed by atoms with Gasteiger partial charge < -0.3 is 19.1 Å². The molecule has 1 aliphatic heterocycles. The van der Waals surface area contributed by atoms with Crippen LogP contribution in [0.3, 0.4) is 0 Å². The zero-order chi connectivity index (χ0) is 19.4.